The maximum atomic E-state index is 12.6. The third-order valence-electron chi connectivity index (χ3n) is 3.24. The van der Waals surface area contributed by atoms with E-state index in [1.807, 2.05) is 0 Å². The highest BCUT2D eigenvalue weighted by Gasteiger charge is 2.34. The summed E-state index contributed by atoms with van der Waals surface area (Å²) in [6, 6.07) is 3.19. The number of carbonyl (C=O) groups excluding carboxylic acids is 1. The van der Waals surface area contributed by atoms with Gasteiger partial charge >= 0.3 is 12.4 Å². The molecule has 0 aliphatic rings. The fourth-order valence-electron chi connectivity index (χ4n) is 2.06. The first-order valence-corrected chi connectivity index (χ1v) is 6.55. The Hall–Kier alpha value is -2.45. The average molecular weight is 348 g/mol. The zero-order valence-electron chi connectivity index (χ0n) is 12.4. The van der Waals surface area contributed by atoms with Crippen molar-refractivity contribution in [3.63, 3.8) is 0 Å². The summed E-state index contributed by atoms with van der Waals surface area (Å²) >= 11 is 0. The van der Waals surface area contributed by atoms with E-state index < -0.39 is 29.5 Å². The van der Waals surface area contributed by atoms with Crippen LogP contribution in [0, 0.1) is 13.8 Å². The van der Waals surface area contributed by atoms with Crippen LogP contribution in [-0.4, -0.2) is 15.8 Å². The van der Waals surface area contributed by atoms with Gasteiger partial charge in [-0.15, -0.1) is 0 Å². The van der Waals surface area contributed by atoms with Crippen LogP contribution in [0.1, 0.15) is 38.7 Å². The van der Waals surface area contributed by atoms with E-state index in [-0.39, 0.29) is 22.5 Å². The lowest BCUT2D eigenvalue weighted by atomic mass is 10.0. The summed E-state index contributed by atoms with van der Waals surface area (Å²) in [7, 11) is 0. The largest absolute Gasteiger partial charge is 0.433 e. The molecule has 24 heavy (non-hydrogen) atoms. The SMILES string of the molecule is Cc1nc(C(F)(F)F)ccc1C(=O)c1ccc(C(F)(F)F)nc1C. The number of alkyl halides is 6. The van der Waals surface area contributed by atoms with Crippen LogP contribution in [0.25, 0.3) is 0 Å². The molecule has 0 N–H and O–H groups in total. The average Bonchev–Trinajstić information content (AvgIpc) is 2.44. The van der Waals surface area contributed by atoms with E-state index in [1.165, 1.54) is 13.8 Å². The van der Waals surface area contributed by atoms with Gasteiger partial charge in [0.15, 0.2) is 5.78 Å². The van der Waals surface area contributed by atoms with E-state index in [2.05, 4.69) is 9.97 Å². The first-order valence-electron chi connectivity index (χ1n) is 6.55. The molecule has 0 spiro atoms. The third-order valence-corrected chi connectivity index (χ3v) is 3.24. The number of nitrogens with zero attached hydrogens (tertiary/aromatic N) is 2. The highest BCUT2D eigenvalue weighted by atomic mass is 19.4. The van der Waals surface area contributed by atoms with E-state index in [0.29, 0.717) is 12.1 Å². The predicted molar refractivity (Wildman–Crippen MR) is 71.4 cm³/mol. The molecule has 0 saturated carbocycles. The zero-order chi connectivity index (χ0) is 18.3. The van der Waals surface area contributed by atoms with Crippen LogP contribution in [0.5, 0.6) is 0 Å². The molecule has 0 radical (unpaired) electrons. The number of rotatable bonds is 2. The van der Waals surface area contributed by atoms with Crippen molar-refractivity contribution >= 4 is 5.78 Å². The fourth-order valence-corrected chi connectivity index (χ4v) is 2.06. The second-order valence-electron chi connectivity index (χ2n) is 4.98. The van der Waals surface area contributed by atoms with E-state index in [4.69, 9.17) is 0 Å². The van der Waals surface area contributed by atoms with Crippen LogP contribution in [0.4, 0.5) is 26.3 Å². The quantitative estimate of drug-likeness (QED) is 0.598. The van der Waals surface area contributed by atoms with E-state index in [9.17, 15) is 31.1 Å². The summed E-state index contributed by atoms with van der Waals surface area (Å²) < 4.78 is 75.5. The number of aromatic nitrogens is 2. The number of hydrogen-bond acceptors (Lipinski definition) is 3. The smallest absolute Gasteiger partial charge is 0.288 e. The molecule has 2 rings (SSSR count). The van der Waals surface area contributed by atoms with Gasteiger partial charge in [0.1, 0.15) is 11.4 Å². The maximum absolute atomic E-state index is 12.6. The summed E-state index contributed by atoms with van der Waals surface area (Å²) in [6.45, 7) is 2.44. The Morgan fingerprint density at radius 1 is 0.750 bits per heavy atom. The summed E-state index contributed by atoms with van der Waals surface area (Å²) in [4.78, 5) is 19.0. The molecular weight excluding hydrogens is 338 g/mol. The second kappa shape index (κ2) is 5.88. The minimum absolute atomic E-state index is 0.132. The molecule has 0 fully saturated rings. The molecule has 2 aromatic rings. The van der Waals surface area contributed by atoms with Crippen LogP contribution in [0.15, 0.2) is 24.3 Å². The minimum Gasteiger partial charge on any atom is -0.288 e. The number of pyridine rings is 2. The summed E-state index contributed by atoms with van der Waals surface area (Å²) in [5.41, 5.74) is -2.92. The zero-order valence-corrected chi connectivity index (χ0v) is 12.4. The van der Waals surface area contributed by atoms with E-state index in [0.717, 1.165) is 12.1 Å². The van der Waals surface area contributed by atoms with Crippen molar-refractivity contribution in [2.24, 2.45) is 0 Å². The van der Waals surface area contributed by atoms with Crippen LogP contribution in [-0.2, 0) is 12.4 Å². The van der Waals surface area contributed by atoms with Crippen molar-refractivity contribution < 1.29 is 31.1 Å². The van der Waals surface area contributed by atoms with E-state index in [1.54, 1.807) is 0 Å². The van der Waals surface area contributed by atoms with Crippen LogP contribution in [0.2, 0.25) is 0 Å². The molecule has 0 saturated heterocycles. The summed E-state index contributed by atoms with van der Waals surface area (Å²) in [5.74, 6) is -0.743. The Bertz CT molecular complexity index is 730. The number of hydrogen-bond donors (Lipinski definition) is 0. The molecule has 3 nitrogen and oxygen atoms in total. The van der Waals surface area contributed by atoms with Crippen molar-refractivity contribution in [2.45, 2.75) is 26.2 Å². The third kappa shape index (κ3) is 3.55. The molecule has 128 valence electrons. The normalized spacial score (nSPS) is 12.3. The van der Waals surface area contributed by atoms with Gasteiger partial charge in [-0.25, -0.2) is 9.97 Å². The van der Waals surface area contributed by atoms with Gasteiger partial charge in [-0.3, -0.25) is 4.79 Å². The number of ketones is 1. The standard InChI is InChI=1S/C15H10F6N2O/c1-7-9(3-5-11(22-7)14(16,17)18)13(24)10-4-6-12(15(19,20)21)23-8(10)2/h3-6H,1-2H3. The van der Waals surface area contributed by atoms with Crippen LogP contribution in [0.3, 0.4) is 0 Å². The Kier molecular flexibility index (Phi) is 4.38. The van der Waals surface area contributed by atoms with Crippen molar-refractivity contribution in [3.8, 4) is 0 Å². The molecule has 0 atom stereocenters. The van der Waals surface area contributed by atoms with Crippen molar-refractivity contribution in [3.05, 3.63) is 58.2 Å². The lowest BCUT2D eigenvalue weighted by molar-refractivity contribution is -0.142. The molecule has 9 heteroatoms. The van der Waals surface area contributed by atoms with Crippen molar-refractivity contribution in [1.82, 2.24) is 9.97 Å². The van der Waals surface area contributed by atoms with Crippen LogP contribution < -0.4 is 0 Å². The molecule has 0 aromatic carbocycles. The summed E-state index contributed by atoms with van der Waals surface area (Å²) in [5, 5.41) is 0. The number of carbonyl (C=O) groups is 1. The molecule has 0 unspecified atom stereocenters. The van der Waals surface area contributed by atoms with Gasteiger partial charge < -0.3 is 0 Å². The lowest BCUT2D eigenvalue weighted by Gasteiger charge is -2.12. The second-order valence-corrected chi connectivity index (χ2v) is 4.98. The molecular formula is C15H10F6N2O. The number of halogens is 6. The lowest BCUT2D eigenvalue weighted by Crippen LogP contribution is -2.15. The minimum atomic E-state index is -4.65. The van der Waals surface area contributed by atoms with Crippen LogP contribution >= 0.6 is 0 Å². The Labute approximate surface area is 132 Å². The summed E-state index contributed by atoms with van der Waals surface area (Å²) in [6.07, 6.45) is -9.31. The van der Waals surface area contributed by atoms with Crippen molar-refractivity contribution in [1.29, 1.82) is 0 Å². The maximum Gasteiger partial charge on any atom is 0.433 e. The topological polar surface area (TPSA) is 42.9 Å². The fraction of sp³-hybridized carbons (Fsp3) is 0.267. The number of aryl methyl sites for hydroxylation is 2. The Balaban J connectivity index is 2.43. The van der Waals surface area contributed by atoms with Gasteiger partial charge in [0, 0.05) is 22.5 Å². The monoisotopic (exact) mass is 348 g/mol. The van der Waals surface area contributed by atoms with Gasteiger partial charge in [0.2, 0.25) is 0 Å². The first-order chi connectivity index (χ1) is 10.9. The highest BCUT2D eigenvalue weighted by molar-refractivity contribution is 6.10. The van der Waals surface area contributed by atoms with E-state index >= 15 is 0 Å². The molecule has 0 bridgehead atoms. The Morgan fingerprint density at radius 2 is 1.08 bits per heavy atom. The first kappa shape index (κ1) is 17.9. The van der Waals surface area contributed by atoms with Gasteiger partial charge in [0.05, 0.1) is 0 Å². The molecule has 2 heterocycles. The predicted octanol–water partition coefficient (Wildman–Crippen LogP) is 4.36. The van der Waals surface area contributed by atoms with Gasteiger partial charge in [-0.05, 0) is 38.1 Å². The van der Waals surface area contributed by atoms with Crippen molar-refractivity contribution in [2.75, 3.05) is 0 Å². The highest BCUT2D eigenvalue weighted by Crippen LogP contribution is 2.30. The van der Waals surface area contributed by atoms with Gasteiger partial charge in [-0.2, -0.15) is 26.3 Å². The molecule has 0 aliphatic carbocycles. The molecule has 0 amide bonds. The van der Waals surface area contributed by atoms with Gasteiger partial charge in [0.25, 0.3) is 0 Å². The Morgan fingerprint density at radius 3 is 1.33 bits per heavy atom. The molecule has 0 aliphatic heterocycles. The molecule has 2 aromatic heterocycles. The van der Waals surface area contributed by atoms with Gasteiger partial charge in [-0.1, -0.05) is 0 Å².